The van der Waals surface area contributed by atoms with Crippen molar-refractivity contribution in [1.29, 1.82) is 5.26 Å². The minimum Gasteiger partial charge on any atom is -0.394 e. The van der Waals surface area contributed by atoms with Crippen molar-refractivity contribution in [2.75, 3.05) is 11.9 Å². The van der Waals surface area contributed by atoms with Gasteiger partial charge in [0.15, 0.2) is 0 Å². The molecule has 1 heterocycles. The van der Waals surface area contributed by atoms with E-state index in [0.717, 1.165) is 11.1 Å². The first-order chi connectivity index (χ1) is 15.6. The Morgan fingerprint density at radius 2 is 1.78 bits per heavy atom. The van der Waals surface area contributed by atoms with Gasteiger partial charge in [-0.2, -0.15) is 5.26 Å². The summed E-state index contributed by atoms with van der Waals surface area (Å²) in [6.07, 6.45) is 6.15. The molecule has 0 spiro atoms. The molecule has 6 heteroatoms. The molecule has 2 aromatic rings. The number of hydrogen-bond donors (Lipinski definition) is 2. The second kappa shape index (κ2) is 9.85. The Bertz CT molecular complexity index is 1040. The number of halogens is 1. The Balaban J connectivity index is 1.45. The Kier molecular flexibility index (Phi) is 6.73. The Hall–Kier alpha value is -3.35. The highest BCUT2D eigenvalue weighted by Crippen LogP contribution is 2.40. The third-order valence-electron chi connectivity index (χ3n) is 6.38. The molecule has 32 heavy (non-hydrogen) atoms. The molecule has 0 radical (unpaired) electrons. The fraction of sp³-hybridized carbons (Fsp3) is 0.385. The maximum absolute atomic E-state index is 13.1. The maximum atomic E-state index is 13.1. The average molecular weight is 432 g/mol. The number of benzene rings is 2. The number of carbonyl (C=O) groups excluding carboxylic acids is 1. The zero-order valence-electron chi connectivity index (χ0n) is 17.8. The molecule has 164 valence electrons. The number of carbonyl (C=O) groups is 1. The van der Waals surface area contributed by atoms with E-state index in [1.165, 1.54) is 61.3 Å². The van der Waals surface area contributed by atoms with Crippen LogP contribution in [0.2, 0.25) is 0 Å². The minimum atomic E-state index is -0.702. The van der Waals surface area contributed by atoms with E-state index < -0.39 is 23.9 Å². The van der Waals surface area contributed by atoms with Crippen LogP contribution in [0.15, 0.2) is 48.5 Å². The SMILES string of the molecule is N#C[C@H]1[C@H](c2ccc(C#CC3CCCCC3)cc2)[C@H](CO)N1C(=O)Nc1ccc(F)cc1. The quantitative estimate of drug-likeness (QED) is 0.695. The molecule has 1 saturated carbocycles. The summed E-state index contributed by atoms with van der Waals surface area (Å²) in [5.74, 6) is 6.42. The summed E-state index contributed by atoms with van der Waals surface area (Å²) in [7, 11) is 0. The zero-order valence-corrected chi connectivity index (χ0v) is 17.8. The maximum Gasteiger partial charge on any atom is 0.323 e. The number of amides is 2. The smallest absolute Gasteiger partial charge is 0.323 e. The van der Waals surface area contributed by atoms with Crippen LogP contribution in [0, 0.1) is 34.9 Å². The van der Waals surface area contributed by atoms with Gasteiger partial charge in [0.1, 0.15) is 11.9 Å². The van der Waals surface area contributed by atoms with Crippen LogP contribution >= 0.6 is 0 Å². The number of nitrogens with zero attached hydrogens (tertiary/aromatic N) is 2. The van der Waals surface area contributed by atoms with Gasteiger partial charge in [-0.3, -0.25) is 0 Å². The van der Waals surface area contributed by atoms with Gasteiger partial charge in [-0.1, -0.05) is 43.2 Å². The number of likely N-dealkylation sites (tertiary alicyclic amines) is 1. The van der Waals surface area contributed by atoms with Gasteiger partial charge in [0.2, 0.25) is 0 Å². The van der Waals surface area contributed by atoms with E-state index in [1.54, 1.807) is 0 Å². The summed E-state index contributed by atoms with van der Waals surface area (Å²) >= 11 is 0. The third-order valence-corrected chi connectivity index (χ3v) is 6.38. The molecule has 2 aliphatic rings. The highest BCUT2D eigenvalue weighted by atomic mass is 19.1. The summed E-state index contributed by atoms with van der Waals surface area (Å²) in [5, 5.41) is 22.3. The summed E-state index contributed by atoms with van der Waals surface area (Å²) in [4.78, 5) is 14.1. The van der Waals surface area contributed by atoms with Crippen LogP contribution in [0.25, 0.3) is 0 Å². The molecule has 2 aromatic carbocycles. The lowest BCUT2D eigenvalue weighted by atomic mass is 9.76. The molecular weight excluding hydrogens is 405 g/mol. The first-order valence-corrected chi connectivity index (χ1v) is 11.1. The number of nitrogens with one attached hydrogen (secondary N) is 1. The number of hydrogen-bond acceptors (Lipinski definition) is 3. The van der Waals surface area contributed by atoms with E-state index in [1.807, 2.05) is 24.3 Å². The van der Waals surface area contributed by atoms with E-state index in [-0.39, 0.29) is 12.5 Å². The molecule has 1 aliphatic heterocycles. The standard InChI is InChI=1S/C26H26FN3O2/c27-21-12-14-22(15-13-21)29-26(32)30-23(16-28)25(24(30)17-31)20-10-8-19(9-11-20)7-6-18-4-2-1-3-5-18/h8-15,18,23-25,31H,1-5,17H2,(H,29,32)/t23-,24-,25-/m0/s1. The van der Waals surface area contributed by atoms with Crippen molar-refractivity contribution < 1.29 is 14.3 Å². The second-order valence-corrected chi connectivity index (χ2v) is 8.42. The van der Waals surface area contributed by atoms with Crippen molar-refractivity contribution in [1.82, 2.24) is 4.90 Å². The van der Waals surface area contributed by atoms with E-state index in [2.05, 4.69) is 23.2 Å². The van der Waals surface area contributed by atoms with Crippen LogP contribution in [-0.4, -0.2) is 34.7 Å². The van der Waals surface area contributed by atoms with Crippen molar-refractivity contribution in [2.24, 2.45) is 5.92 Å². The fourth-order valence-corrected chi connectivity index (χ4v) is 4.63. The third kappa shape index (κ3) is 4.61. The Labute approximate surface area is 187 Å². The number of anilines is 1. The highest BCUT2D eigenvalue weighted by molar-refractivity contribution is 5.91. The van der Waals surface area contributed by atoms with Gasteiger partial charge in [-0.15, -0.1) is 0 Å². The Morgan fingerprint density at radius 1 is 1.09 bits per heavy atom. The van der Waals surface area contributed by atoms with Gasteiger partial charge in [-0.25, -0.2) is 9.18 Å². The van der Waals surface area contributed by atoms with Crippen molar-refractivity contribution in [3.8, 4) is 17.9 Å². The van der Waals surface area contributed by atoms with Gasteiger partial charge >= 0.3 is 6.03 Å². The van der Waals surface area contributed by atoms with Crippen LogP contribution < -0.4 is 5.32 Å². The predicted octanol–water partition coefficient (Wildman–Crippen LogP) is 4.64. The fourth-order valence-electron chi connectivity index (χ4n) is 4.63. The lowest BCUT2D eigenvalue weighted by Crippen LogP contribution is -2.66. The lowest BCUT2D eigenvalue weighted by Gasteiger charge is -2.51. The number of aliphatic hydroxyl groups is 1. The van der Waals surface area contributed by atoms with Crippen LogP contribution in [0.3, 0.4) is 0 Å². The summed E-state index contributed by atoms with van der Waals surface area (Å²) in [5.41, 5.74) is 2.25. The molecule has 2 amide bonds. The zero-order chi connectivity index (χ0) is 22.5. The minimum absolute atomic E-state index is 0.261. The first kappa shape index (κ1) is 21.9. The van der Waals surface area contributed by atoms with Gasteiger partial charge in [0.05, 0.1) is 18.7 Å². The topological polar surface area (TPSA) is 76.4 Å². The lowest BCUT2D eigenvalue weighted by molar-refractivity contribution is 0.0224. The number of urea groups is 1. The molecule has 0 bridgehead atoms. The molecule has 2 fully saturated rings. The van der Waals surface area contributed by atoms with E-state index in [9.17, 15) is 19.6 Å². The predicted molar refractivity (Wildman–Crippen MR) is 120 cm³/mol. The van der Waals surface area contributed by atoms with Gasteiger partial charge < -0.3 is 15.3 Å². The average Bonchev–Trinajstić information content (AvgIpc) is 2.80. The number of nitriles is 1. The molecule has 3 atom stereocenters. The Morgan fingerprint density at radius 3 is 2.41 bits per heavy atom. The molecule has 5 nitrogen and oxygen atoms in total. The van der Waals surface area contributed by atoms with Crippen LogP contribution in [0.1, 0.15) is 49.1 Å². The molecule has 1 aliphatic carbocycles. The molecule has 0 aromatic heterocycles. The van der Waals surface area contributed by atoms with Crippen molar-refractivity contribution >= 4 is 11.7 Å². The molecule has 1 saturated heterocycles. The summed E-state index contributed by atoms with van der Waals surface area (Å²) in [6.45, 7) is -0.261. The molecule has 2 N–H and O–H groups in total. The number of aliphatic hydroxyl groups excluding tert-OH is 1. The van der Waals surface area contributed by atoms with Crippen molar-refractivity contribution in [3.63, 3.8) is 0 Å². The monoisotopic (exact) mass is 431 g/mol. The van der Waals surface area contributed by atoms with Gasteiger partial charge in [0.25, 0.3) is 0 Å². The van der Waals surface area contributed by atoms with E-state index in [0.29, 0.717) is 11.6 Å². The van der Waals surface area contributed by atoms with E-state index in [4.69, 9.17) is 0 Å². The van der Waals surface area contributed by atoms with Gasteiger partial charge in [-0.05, 0) is 54.8 Å². The molecular formula is C26H26FN3O2. The molecule has 4 rings (SSSR count). The number of rotatable bonds is 3. The summed E-state index contributed by atoms with van der Waals surface area (Å²) in [6, 6.07) is 13.6. The van der Waals surface area contributed by atoms with Crippen LogP contribution in [-0.2, 0) is 0 Å². The summed E-state index contributed by atoms with van der Waals surface area (Å²) < 4.78 is 13.1. The van der Waals surface area contributed by atoms with Crippen molar-refractivity contribution in [2.45, 2.75) is 50.1 Å². The highest BCUT2D eigenvalue weighted by Gasteiger charge is 2.51. The van der Waals surface area contributed by atoms with Crippen molar-refractivity contribution in [3.05, 3.63) is 65.5 Å². The molecule has 0 unspecified atom stereocenters. The first-order valence-electron chi connectivity index (χ1n) is 11.1. The second-order valence-electron chi connectivity index (χ2n) is 8.42. The van der Waals surface area contributed by atoms with E-state index >= 15 is 0 Å². The largest absolute Gasteiger partial charge is 0.394 e. The van der Waals surface area contributed by atoms with Crippen LogP contribution in [0.4, 0.5) is 14.9 Å². The van der Waals surface area contributed by atoms with Crippen LogP contribution in [0.5, 0.6) is 0 Å². The van der Waals surface area contributed by atoms with Gasteiger partial charge in [0, 0.05) is 23.1 Å². The normalized spacial score (nSPS) is 22.8.